The number of aryl methyl sites for hydroxylation is 1. The van der Waals surface area contributed by atoms with Crippen LogP contribution in [0.1, 0.15) is 44.8 Å². The second kappa shape index (κ2) is 9.37. The summed E-state index contributed by atoms with van der Waals surface area (Å²) in [5.41, 5.74) is 3.40. The molecule has 0 radical (unpaired) electrons. The van der Waals surface area contributed by atoms with Gasteiger partial charge in [0, 0.05) is 43.7 Å². The van der Waals surface area contributed by atoms with Gasteiger partial charge in [0.1, 0.15) is 18.0 Å². The van der Waals surface area contributed by atoms with E-state index in [9.17, 15) is 9.59 Å². The fourth-order valence-corrected chi connectivity index (χ4v) is 3.56. The molecular formula is C23H24N4O3. The molecule has 0 fully saturated rings. The number of Topliss-reactive ketones (excluding diaryl/α,β-unsaturated/α-hetero) is 1. The maximum absolute atomic E-state index is 12.8. The fraction of sp³-hybridized carbons (Fsp3) is 0.261. The van der Waals surface area contributed by atoms with E-state index in [1.54, 1.807) is 24.7 Å². The van der Waals surface area contributed by atoms with Gasteiger partial charge in [-0.15, -0.1) is 0 Å². The Labute approximate surface area is 174 Å². The lowest BCUT2D eigenvalue weighted by molar-refractivity contribution is 0.0956. The van der Waals surface area contributed by atoms with E-state index in [1.807, 2.05) is 18.2 Å². The number of pyridine rings is 1. The van der Waals surface area contributed by atoms with Gasteiger partial charge < -0.3 is 20.4 Å². The number of anilines is 1. The number of carbonyl (C=O) groups is 2. The number of amides is 1. The molecule has 1 aliphatic carbocycles. The van der Waals surface area contributed by atoms with Gasteiger partial charge >= 0.3 is 0 Å². The van der Waals surface area contributed by atoms with E-state index in [0.717, 1.165) is 25.1 Å². The zero-order chi connectivity index (χ0) is 20.8. The van der Waals surface area contributed by atoms with Gasteiger partial charge in [0.25, 0.3) is 5.91 Å². The topological polar surface area (TPSA) is 96.1 Å². The van der Waals surface area contributed by atoms with Gasteiger partial charge in [0.2, 0.25) is 0 Å². The van der Waals surface area contributed by atoms with Crippen molar-refractivity contribution in [2.75, 3.05) is 18.5 Å². The van der Waals surface area contributed by atoms with Gasteiger partial charge in [-0.1, -0.05) is 30.3 Å². The maximum Gasteiger partial charge on any atom is 0.258 e. The van der Waals surface area contributed by atoms with Crippen molar-refractivity contribution in [2.45, 2.75) is 25.8 Å². The van der Waals surface area contributed by atoms with Gasteiger partial charge in [-0.3, -0.25) is 14.6 Å². The molecular weight excluding hydrogens is 380 g/mol. The van der Waals surface area contributed by atoms with Crippen molar-refractivity contribution in [1.29, 1.82) is 0 Å². The van der Waals surface area contributed by atoms with Crippen LogP contribution in [0.25, 0.3) is 0 Å². The summed E-state index contributed by atoms with van der Waals surface area (Å²) < 4.78 is 5.84. The van der Waals surface area contributed by atoms with Crippen LogP contribution < -0.4 is 15.4 Å². The Bertz CT molecular complexity index is 1030. The molecule has 1 amide bonds. The molecule has 7 heteroatoms. The van der Waals surface area contributed by atoms with Crippen molar-refractivity contribution >= 4 is 17.4 Å². The van der Waals surface area contributed by atoms with Crippen molar-refractivity contribution in [1.82, 2.24) is 15.3 Å². The molecule has 0 bridgehead atoms. The minimum atomic E-state index is -0.345. The highest BCUT2D eigenvalue weighted by molar-refractivity contribution is 6.13. The zero-order valence-electron chi connectivity index (χ0n) is 16.6. The third-order valence-electron chi connectivity index (χ3n) is 5.05. The first-order valence-corrected chi connectivity index (χ1v) is 10.1. The molecule has 2 aromatic heterocycles. The average Bonchev–Trinajstić information content (AvgIpc) is 3.21. The highest BCUT2D eigenvalue weighted by atomic mass is 16.5. The largest absolute Gasteiger partial charge is 0.490 e. The number of ether oxygens (including phenoxy) is 1. The van der Waals surface area contributed by atoms with Crippen LogP contribution >= 0.6 is 0 Å². The van der Waals surface area contributed by atoms with Crippen molar-refractivity contribution in [3.05, 3.63) is 77.4 Å². The number of nitrogens with zero attached hydrogens (tertiary/aromatic N) is 1. The Morgan fingerprint density at radius 1 is 1.17 bits per heavy atom. The van der Waals surface area contributed by atoms with Crippen LogP contribution in [0.3, 0.4) is 0 Å². The number of ketones is 1. The van der Waals surface area contributed by atoms with Crippen molar-refractivity contribution in [3.8, 4) is 5.75 Å². The Morgan fingerprint density at radius 3 is 2.90 bits per heavy atom. The first-order valence-electron chi connectivity index (χ1n) is 10.1. The van der Waals surface area contributed by atoms with Gasteiger partial charge in [-0.25, -0.2) is 0 Å². The molecule has 1 aliphatic rings. The summed E-state index contributed by atoms with van der Waals surface area (Å²) in [6, 6.07) is 11.8. The Balaban J connectivity index is 1.35. The second-order valence-electron chi connectivity index (χ2n) is 7.17. The number of benzene rings is 1. The lowest BCUT2D eigenvalue weighted by Crippen LogP contribution is -2.21. The monoisotopic (exact) mass is 404 g/mol. The first kappa shape index (κ1) is 19.8. The molecule has 7 nitrogen and oxygen atoms in total. The highest BCUT2D eigenvalue weighted by Crippen LogP contribution is 2.27. The molecule has 30 heavy (non-hydrogen) atoms. The fourth-order valence-electron chi connectivity index (χ4n) is 3.56. The van der Waals surface area contributed by atoms with Crippen molar-refractivity contribution in [3.63, 3.8) is 0 Å². The van der Waals surface area contributed by atoms with Gasteiger partial charge in [-0.05, 0) is 18.4 Å². The summed E-state index contributed by atoms with van der Waals surface area (Å²) in [7, 11) is 0. The predicted octanol–water partition coefficient (Wildman–Crippen LogP) is 3.35. The standard InChI is InChI=1S/C23H24N4O3/c28-20-8-4-7-18-22(20)17(14-26-18)23(29)27-19-15-24-10-9-21(19)30-12-11-25-13-16-5-2-1-3-6-16/h1-3,5-6,9-10,14-15,25-26H,4,7-8,11-13H2,(H,27,29). The number of fused-ring (bicyclic) bond motifs is 1. The molecule has 0 saturated heterocycles. The molecule has 4 rings (SSSR count). The van der Waals surface area contributed by atoms with E-state index in [1.165, 1.54) is 5.56 Å². The van der Waals surface area contributed by atoms with Crippen LogP contribution in [0.4, 0.5) is 5.69 Å². The zero-order valence-corrected chi connectivity index (χ0v) is 16.6. The number of nitrogens with one attached hydrogen (secondary N) is 3. The second-order valence-corrected chi connectivity index (χ2v) is 7.17. The van der Waals surface area contributed by atoms with E-state index >= 15 is 0 Å². The maximum atomic E-state index is 12.8. The molecule has 1 aromatic carbocycles. The average molecular weight is 404 g/mol. The van der Waals surface area contributed by atoms with E-state index in [4.69, 9.17) is 4.74 Å². The first-order chi connectivity index (χ1) is 14.7. The number of aromatic amines is 1. The van der Waals surface area contributed by atoms with Crippen LogP contribution in [0.15, 0.2) is 55.0 Å². The molecule has 3 aromatic rings. The normalized spacial score (nSPS) is 13.0. The quantitative estimate of drug-likeness (QED) is 0.501. The molecule has 0 saturated carbocycles. The third-order valence-corrected chi connectivity index (χ3v) is 5.05. The number of rotatable bonds is 8. The van der Waals surface area contributed by atoms with E-state index in [2.05, 4.69) is 32.7 Å². The van der Waals surface area contributed by atoms with Crippen LogP contribution in [0.2, 0.25) is 0 Å². The van der Waals surface area contributed by atoms with Gasteiger partial charge in [0.05, 0.1) is 17.3 Å². The third kappa shape index (κ3) is 4.58. The molecule has 0 spiro atoms. The van der Waals surface area contributed by atoms with Gasteiger partial charge in [0.15, 0.2) is 5.78 Å². The summed E-state index contributed by atoms with van der Waals surface area (Å²) in [6.45, 7) is 1.86. The molecule has 3 N–H and O–H groups in total. The number of aromatic nitrogens is 2. The minimum absolute atomic E-state index is 0.00907. The molecule has 2 heterocycles. The van der Waals surface area contributed by atoms with E-state index in [-0.39, 0.29) is 11.7 Å². The van der Waals surface area contributed by atoms with Crippen LogP contribution in [-0.2, 0) is 13.0 Å². The van der Waals surface area contributed by atoms with Crippen LogP contribution in [-0.4, -0.2) is 34.8 Å². The minimum Gasteiger partial charge on any atom is -0.490 e. The Kier molecular flexibility index (Phi) is 6.20. The summed E-state index contributed by atoms with van der Waals surface area (Å²) in [6.07, 6.45) is 6.84. The number of hydrogen-bond acceptors (Lipinski definition) is 5. The van der Waals surface area contributed by atoms with E-state index < -0.39 is 0 Å². The lowest BCUT2D eigenvalue weighted by Gasteiger charge is -2.14. The van der Waals surface area contributed by atoms with Crippen LogP contribution in [0, 0.1) is 0 Å². The lowest BCUT2D eigenvalue weighted by atomic mass is 9.93. The highest BCUT2D eigenvalue weighted by Gasteiger charge is 2.26. The molecule has 0 atom stereocenters. The smallest absolute Gasteiger partial charge is 0.258 e. The number of carbonyl (C=O) groups excluding carboxylic acids is 2. The van der Waals surface area contributed by atoms with Gasteiger partial charge in [-0.2, -0.15) is 0 Å². The summed E-state index contributed by atoms with van der Waals surface area (Å²) in [5, 5.41) is 6.16. The van der Waals surface area contributed by atoms with Crippen LogP contribution in [0.5, 0.6) is 5.75 Å². The number of hydrogen-bond donors (Lipinski definition) is 3. The molecule has 0 aliphatic heterocycles. The number of H-pyrrole nitrogens is 1. The Hall–Kier alpha value is -3.45. The molecule has 0 unspecified atom stereocenters. The molecule has 154 valence electrons. The SMILES string of the molecule is O=C(Nc1cnccc1OCCNCc1ccccc1)c1c[nH]c2c1C(=O)CCC2. The van der Waals surface area contributed by atoms with Crippen molar-refractivity contribution < 1.29 is 14.3 Å². The summed E-state index contributed by atoms with van der Waals surface area (Å²) in [5.74, 6) is 0.202. The summed E-state index contributed by atoms with van der Waals surface area (Å²) in [4.78, 5) is 32.2. The Morgan fingerprint density at radius 2 is 2.03 bits per heavy atom. The van der Waals surface area contributed by atoms with E-state index in [0.29, 0.717) is 42.1 Å². The predicted molar refractivity (Wildman–Crippen MR) is 114 cm³/mol. The van der Waals surface area contributed by atoms with Crippen molar-refractivity contribution in [2.24, 2.45) is 0 Å². The summed E-state index contributed by atoms with van der Waals surface area (Å²) >= 11 is 0.